The number of amides is 1. The number of nitrogens with two attached hydrogens (primary N) is 1. The smallest absolute Gasteiger partial charge is 0.294 e. The third kappa shape index (κ3) is 2.72. The lowest BCUT2D eigenvalue weighted by Gasteiger charge is -2.25. The first-order valence-electron chi connectivity index (χ1n) is 6.48. The van der Waals surface area contributed by atoms with Gasteiger partial charge in [-0.3, -0.25) is 20.8 Å². The quantitative estimate of drug-likeness (QED) is 0.485. The number of nitrogen functional groups attached to an aromatic ring is 1. The number of nitrogens with one attached hydrogen (secondary N) is 1. The molecule has 7 heteroatoms. The fraction of sp³-hybridized carbons (Fsp3) is 0.462. The van der Waals surface area contributed by atoms with Crippen LogP contribution in [0.3, 0.4) is 0 Å². The van der Waals surface area contributed by atoms with E-state index in [0.717, 1.165) is 12.8 Å². The second-order valence-electron chi connectivity index (χ2n) is 5.13. The molecule has 20 heavy (non-hydrogen) atoms. The van der Waals surface area contributed by atoms with Gasteiger partial charge in [-0.15, -0.1) is 0 Å². The molecule has 1 aliphatic carbocycles. The molecule has 0 spiro atoms. The molecular formula is C13H18N4O3. The monoisotopic (exact) mass is 278 g/mol. The summed E-state index contributed by atoms with van der Waals surface area (Å²) in [5.41, 5.74) is 2.54. The molecule has 1 aliphatic rings. The summed E-state index contributed by atoms with van der Waals surface area (Å²) in [7, 11) is 1.73. The average Bonchev–Trinajstić information content (AvgIpc) is 3.28. The Morgan fingerprint density at radius 3 is 2.70 bits per heavy atom. The Labute approximate surface area is 116 Å². The summed E-state index contributed by atoms with van der Waals surface area (Å²) in [6.45, 7) is 2.00. The standard InChI is InChI=1S/C13H18N4O3/c1-8(9-3-4-9)16(2)13(18)10-5-6-11(15-14)12(7-10)17(19)20/h5-9,15H,3-4,14H2,1-2H3. The van der Waals surface area contributed by atoms with E-state index in [2.05, 4.69) is 5.43 Å². The number of carbonyl (C=O) groups excluding carboxylic acids is 1. The second kappa shape index (κ2) is 5.46. The Hall–Kier alpha value is -2.15. The predicted molar refractivity (Wildman–Crippen MR) is 75.2 cm³/mol. The highest BCUT2D eigenvalue weighted by molar-refractivity contribution is 5.95. The minimum atomic E-state index is -0.559. The molecule has 0 bridgehead atoms. The molecular weight excluding hydrogens is 260 g/mol. The molecule has 0 aromatic heterocycles. The molecule has 108 valence electrons. The Morgan fingerprint density at radius 1 is 1.55 bits per heavy atom. The average molecular weight is 278 g/mol. The minimum absolute atomic E-state index is 0.147. The molecule has 1 saturated carbocycles. The summed E-state index contributed by atoms with van der Waals surface area (Å²) >= 11 is 0. The number of carbonyl (C=O) groups is 1. The summed E-state index contributed by atoms with van der Waals surface area (Å²) < 4.78 is 0. The zero-order valence-electron chi connectivity index (χ0n) is 11.5. The van der Waals surface area contributed by atoms with Crippen LogP contribution in [0.15, 0.2) is 18.2 Å². The fourth-order valence-corrected chi connectivity index (χ4v) is 2.22. The van der Waals surface area contributed by atoms with Gasteiger partial charge in [-0.05, 0) is 37.8 Å². The first kappa shape index (κ1) is 14.3. The van der Waals surface area contributed by atoms with Crippen LogP contribution in [0.2, 0.25) is 0 Å². The van der Waals surface area contributed by atoms with Gasteiger partial charge in [-0.1, -0.05) is 0 Å². The molecule has 1 atom stereocenters. The van der Waals surface area contributed by atoms with Crippen LogP contribution in [0, 0.1) is 16.0 Å². The van der Waals surface area contributed by atoms with E-state index in [1.54, 1.807) is 18.0 Å². The highest BCUT2D eigenvalue weighted by atomic mass is 16.6. The van der Waals surface area contributed by atoms with Gasteiger partial charge in [0, 0.05) is 24.7 Å². The zero-order valence-corrected chi connectivity index (χ0v) is 11.5. The molecule has 0 radical (unpaired) electrons. The normalized spacial score (nSPS) is 15.6. The zero-order chi connectivity index (χ0) is 14.9. The largest absolute Gasteiger partial charge is 0.339 e. The molecule has 1 amide bonds. The van der Waals surface area contributed by atoms with Crippen LogP contribution >= 0.6 is 0 Å². The van der Waals surface area contributed by atoms with Crippen LogP contribution in [0.4, 0.5) is 11.4 Å². The van der Waals surface area contributed by atoms with Crippen LogP contribution in [0.5, 0.6) is 0 Å². The number of benzene rings is 1. The van der Waals surface area contributed by atoms with Crippen molar-refractivity contribution in [1.82, 2.24) is 4.90 Å². The van der Waals surface area contributed by atoms with E-state index in [9.17, 15) is 14.9 Å². The highest BCUT2D eigenvalue weighted by Gasteiger charge is 2.33. The highest BCUT2D eigenvalue weighted by Crippen LogP contribution is 2.35. The van der Waals surface area contributed by atoms with Crippen LogP contribution in [0.25, 0.3) is 0 Å². The molecule has 3 N–H and O–H groups in total. The molecule has 2 rings (SSSR count). The molecule has 1 fully saturated rings. The van der Waals surface area contributed by atoms with Crippen LogP contribution in [-0.4, -0.2) is 28.8 Å². The lowest BCUT2D eigenvalue weighted by Crippen LogP contribution is -2.36. The number of hydrazine groups is 1. The lowest BCUT2D eigenvalue weighted by molar-refractivity contribution is -0.384. The summed E-state index contributed by atoms with van der Waals surface area (Å²) in [6, 6.07) is 4.39. The van der Waals surface area contributed by atoms with Crippen molar-refractivity contribution in [3.05, 3.63) is 33.9 Å². The SMILES string of the molecule is CC(C1CC1)N(C)C(=O)c1ccc(NN)c([N+](=O)[O-])c1. The van der Waals surface area contributed by atoms with Gasteiger partial charge in [0.2, 0.25) is 0 Å². The van der Waals surface area contributed by atoms with Crippen molar-refractivity contribution in [2.45, 2.75) is 25.8 Å². The van der Waals surface area contributed by atoms with Crippen molar-refractivity contribution >= 4 is 17.3 Å². The summed E-state index contributed by atoms with van der Waals surface area (Å²) in [6.07, 6.45) is 2.27. The Bertz CT molecular complexity index is 542. The van der Waals surface area contributed by atoms with E-state index in [4.69, 9.17) is 5.84 Å². The molecule has 1 aromatic carbocycles. The fourth-order valence-electron chi connectivity index (χ4n) is 2.22. The van der Waals surface area contributed by atoms with Gasteiger partial charge in [-0.25, -0.2) is 0 Å². The lowest BCUT2D eigenvalue weighted by atomic mass is 10.1. The molecule has 0 aliphatic heterocycles. The van der Waals surface area contributed by atoms with Crippen LogP contribution in [-0.2, 0) is 0 Å². The van der Waals surface area contributed by atoms with Crippen LogP contribution in [0.1, 0.15) is 30.1 Å². The summed E-state index contributed by atoms with van der Waals surface area (Å²) in [5, 5.41) is 11.0. The van der Waals surface area contributed by atoms with E-state index in [-0.39, 0.29) is 23.3 Å². The Balaban J connectivity index is 2.25. The first-order valence-corrected chi connectivity index (χ1v) is 6.48. The minimum Gasteiger partial charge on any atom is -0.339 e. The van der Waals surface area contributed by atoms with Crippen molar-refractivity contribution in [3.8, 4) is 0 Å². The number of hydrogen-bond acceptors (Lipinski definition) is 5. The molecule has 0 saturated heterocycles. The maximum absolute atomic E-state index is 12.3. The number of hydrogen-bond donors (Lipinski definition) is 2. The van der Waals surface area contributed by atoms with E-state index in [1.807, 2.05) is 6.92 Å². The van der Waals surface area contributed by atoms with Crippen molar-refractivity contribution in [3.63, 3.8) is 0 Å². The van der Waals surface area contributed by atoms with Crippen LogP contribution < -0.4 is 11.3 Å². The van der Waals surface area contributed by atoms with Crippen molar-refractivity contribution in [2.75, 3.05) is 12.5 Å². The third-order valence-electron chi connectivity index (χ3n) is 3.83. The van der Waals surface area contributed by atoms with Gasteiger partial charge in [0.1, 0.15) is 5.69 Å². The number of rotatable bonds is 5. The van der Waals surface area contributed by atoms with E-state index < -0.39 is 4.92 Å². The number of anilines is 1. The van der Waals surface area contributed by atoms with E-state index in [0.29, 0.717) is 11.5 Å². The topological polar surface area (TPSA) is 102 Å². The summed E-state index contributed by atoms with van der Waals surface area (Å²) in [4.78, 5) is 24.4. The van der Waals surface area contributed by atoms with Crippen molar-refractivity contribution in [2.24, 2.45) is 11.8 Å². The molecule has 1 aromatic rings. The number of nitro benzene ring substituents is 1. The van der Waals surface area contributed by atoms with Gasteiger partial charge in [0.05, 0.1) is 4.92 Å². The van der Waals surface area contributed by atoms with E-state index >= 15 is 0 Å². The Kier molecular flexibility index (Phi) is 3.89. The third-order valence-corrected chi connectivity index (χ3v) is 3.83. The van der Waals surface area contributed by atoms with Gasteiger partial charge >= 0.3 is 0 Å². The second-order valence-corrected chi connectivity index (χ2v) is 5.13. The molecule has 1 unspecified atom stereocenters. The number of nitro groups is 1. The Morgan fingerprint density at radius 2 is 2.20 bits per heavy atom. The summed E-state index contributed by atoms with van der Waals surface area (Å²) in [5.74, 6) is 5.55. The van der Waals surface area contributed by atoms with E-state index in [1.165, 1.54) is 12.1 Å². The molecule has 0 heterocycles. The predicted octanol–water partition coefficient (Wildman–Crippen LogP) is 1.75. The van der Waals surface area contributed by atoms with Gasteiger partial charge in [0.25, 0.3) is 11.6 Å². The van der Waals surface area contributed by atoms with Gasteiger partial charge in [-0.2, -0.15) is 0 Å². The first-order chi connectivity index (χ1) is 9.45. The number of nitrogens with zero attached hydrogens (tertiary/aromatic N) is 2. The maximum atomic E-state index is 12.3. The maximum Gasteiger partial charge on any atom is 0.294 e. The molecule has 7 nitrogen and oxygen atoms in total. The van der Waals surface area contributed by atoms with Gasteiger partial charge < -0.3 is 10.3 Å². The van der Waals surface area contributed by atoms with Gasteiger partial charge in [0.15, 0.2) is 0 Å². The van der Waals surface area contributed by atoms with Crippen molar-refractivity contribution < 1.29 is 9.72 Å². The van der Waals surface area contributed by atoms with Crippen molar-refractivity contribution in [1.29, 1.82) is 0 Å².